The highest BCUT2D eigenvalue weighted by Gasteiger charge is 2.31. The van der Waals surface area contributed by atoms with E-state index in [2.05, 4.69) is 15.9 Å². The number of amides is 1. The molecule has 0 saturated carbocycles. The second kappa shape index (κ2) is 5.28. The average Bonchev–Trinajstić information content (AvgIpc) is 2.81. The first-order valence-corrected chi connectivity index (χ1v) is 6.63. The van der Waals surface area contributed by atoms with Gasteiger partial charge in [0.05, 0.1) is 16.5 Å². The van der Waals surface area contributed by atoms with Crippen molar-refractivity contribution in [2.75, 3.05) is 13.1 Å². The molecule has 1 saturated heterocycles. The van der Waals surface area contributed by atoms with Crippen LogP contribution in [0.4, 0.5) is 0 Å². The van der Waals surface area contributed by atoms with Crippen LogP contribution >= 0.6 is 27.5 Å². The zero-order chi connectivity index (χ0) is 13.3. The molecular formula is C12H11BrClNO3. The summed E-state index contributed by atoms with van der Waals surface area (Å²) in [7, 11) is 0. The predicted molar refractivity (Wildman–Crippen MR) is 70.8 cm³/mol. The smallest absolute Gasteiger partial charge is 0.308 e. The summed E-state index contributed by atoms with van der Waals surface area (Å²) in [6, 6.07) is 5.05. The van der Waals surface area contributed by atoms with Crippen LogP contribution in [0.1, 0.15) is 16.8 Å². The van der Waals surface area contributed by atoms with Gasteiger partial charge in [-0.25, -0.2) is 0 Å². The van der Waals surface area contributed by atoms with Crippen LogP contribution in [0.25, 0.3) is 0 Å². The van der Waals surface area contributed by atoms with E-state index in [1.165, 1.54) is 4.90 Å². The molecule has 2 rings (SSSR count). The highest BCUT2D eigenvalue weighted by Crippen LogP contribution is 2.25. The molecule has 6 heteroatoms. The maximum atomic E-state index is 12.2. The lowest BCUT2D eigenvalue weighted by molar-refractivity contribution is -0.141. The molecule has 1 atom stereocenters. The predicted octanol–water partition coefficient (Wildman–Crippen LogP) is 2.65. The molecule has 1 N–H and O–H groups in total. The van der Waals surface area contributed by atoms with E-state index in [0.29, 0.717) is 23.6 Å². The van der Waals surface area contributed by atoms with Gasteiger partial charge in [0.15, 0.2) is 0 Å². The minimum absolute atomic E-state index is 0.218. The van der Waals surface area contributed by atoms with Crippen molar-refractivity contribution in [1.29, 1.82) is 0 Å². The van der Waals surface area contributed by atoms with Gasteiger partial charge in [0.1, 0.15) is 0 Å². The fraction of sp³-hybridized carbons (Fsp3) is 0.333. The second-order valence-corrected chi connectivity index (χ2v) is 5.52. The van der Waals surface area contributed by atoms with E-state index in [-0.39, 0.29) is 12.5 Å². The molecule has 1 unspecified atom stereocenters. The van der Waals surface area contributed by atoms with Crippen LogP contribution in [0.2, 0.25) is 5.02 Å². The van der Waals surface area contributed by atoms with Crippen LogP contribution in [0.15, 0.2) is 22.7 Å². The van der Waals surface area contributed by atoms with Crippen molar-refractivity contribution >= 4 is 39.4 Å². The first-order chi connectivity index (χ1) is 8.49. The van der Waals surface area contributed by atoms with Crippen molar-refractivity contribution in [2.45, 2.75) is 6.42 Å². The van der Waals surface area contributed by atoms with Crippen molar-refractivity contribution in [3.63, 3.8) is 0 Å². The average molecular weight is 333 g/mol. The fourth-order valence-corrected chi connectivity index (χ4v) is 2.54. The zero-order valence-corrected chi connectivity index (χ0v) is 11.7. The maximum absolute atomic E-state index is 12.2. The molecular weight excluding hydrogens is 321 g/mol. The Hall–Kier alpha value is -1.07. The zero-order valence-electron chi connectivity index (χ0n) is 9.40. The Morgan fingerprint density at radius 1 is 1.44 bits per heavy atom. The van der Waals surface area contributed by atoms with Crippen molar-refractivity contribution < 1.29 is 14.7 Å². The molecule has 96 valence electrons. The number of likely N-dealkylation sites (tertiary alicyclic amines) is 1. The number of nitrogens with zero attached hydrogens (tertiary/aromatic N) is 1. The van der Waals surface area contributed by atoms with Crippen LogP contribution in [-0.4, -0.2) is 35.0 Å². The summed E-state index contributed by atoms with van der Waals surface area (Å²) in [5, 5.41) is 9.29. The second-order valence-electron chi connectivity index (χ2n) is 4.20. The number of rotatable bonds is 2. The fourth-order valence-electron chi connectivity index (χ4n) is 1.98. The minimum Gasteiger partial charge on any atom is -0.481 e. The molecule has 0 radical (unpaired) electrons. The molecule has 1 aliphatic heterocycles. The Morgan fingerprint density at radius 3 is 2.78 bits per heavy atom. The highest BCUT2D eigenvalue weighted by atomic mass is 79.9. The Morgan fingerprint density at radius 2 is 2.17 bits per heavy atom. The van der Waals surface area contributed by atoms with Crippen LogP contribution in [0.5, 0.6) is 0 Å². The molecule has 1 aromatic carbocycles. The lowest BCUT2D eigenvalue weighted by Gasteiger charge is -2.16. The van der Waals surface area contributed by atoms with E-state index in [4.69, 9.17) is 16.7 Å². The van der Waals surface area contributed by atoms with Crippen LogP contribution in [0, 0.1) is 5.92 Å². The molecule has 0 aliphatic carbocycles. The summed E-state index contributed by atoms with van der Waals surface area (Å²) >= 11 is 9.27. The Labute approximate surface area is 118 Å². The minimum atomic E-state index is -0.856. The highest BCUT2D eigenvalue weighted by molar-refractivity contribution is 9.10. The standard InChI is InChI=1S/C12H11BrClNO3/c13-8-1-2-10(14)9(5-8)11(16)15-4-3-7(6-15)12(17)18/h1-2,5,7H,3-4,6H2,(H,17,18). The molecule has 1 fully saturated rings. The summed E-state index contributed by atoms with van der Waals surface area (Å²) in [5.41, 5.74) is 0.400. The summed E-state index contributed by atoms with van der Waals surface area (Å²) in [4.78, 5) is 24.6. The number of benzene rings is 1. The molecule has 0 aromatic heterocycles. The Kier molecular flexibility index (Phi) is 3.92. The molecule has 1 heterocycles. The number of carboxylic acid groups (broad SMARTS) is 1. The van der Waals surface area contributed by atoms with Gasteiger partial charge in [-0.2, -0.15) is 0 Å². The molecule has 0 spiro atoms. The number of carbonyl (C=O) groups is 2. The molecule has 18 heavy (non-hydrogen) atoms. The lowest BCUT2D eigenvalue weighted by Crippen LogP contribution is -2.30. The summed E-state index contributed by atoms with van der Waals surface area (Å²) in [6.45, 7) is 0.704. The molecule has 4 nitrogen and oxygen atoms in total. The third-order valence-electron chi connectivity index (χ3n) is 2.98. The van der Waals surface area contributed by atoms with Gasteiger partial charge >= 0.3 is 5.97 Å². The van der Waals surface area contributed by atoms with Gasteiger partial charge in [-0.1, -0.05) is 27.5 Å². The number of aliphatic carboxylic acids is 1. The van der Waals surface area contributed by atoms with E-state index in [9.17, 15) is 9.59 Å². The molecule has 1 amide bonds. The van der Waals surface area contributed by atoms with Gasteiger partial charge < -0.3 is 10.0 Å². The SMILES string of the molecule is O=C(O)C1CCN(C(=O)c2cc(Br)ccc2Cl)C1. The first kappa shape index (κ1) is 13.4. The van der Waals surface area contributed by atoms with Gasteiger partial charge in [0.2, 0.25) is 0 Å². The normalized spacial score (nSPS) is 19.0. The third-order valence-corrected chi connectivity index (χ3v) is 3.81. The monoisotopic (exact) mass is 331 g/mol. The van der Waals surface area contributed by atoms with Crippen molar-refractivity contribution in [2.24, 2.45) is 5.92 Å². The van der Waals surface area contributed by atoms with E-state index in [1.54, 1.807) is 18.2 Å². The topological polar surface area (TPSA) is 57.6 Å². The van der Waals surface area contributed by atoms with Crippen molar-refractivity contribution in [1.82, 2.24) is 4.90 Å². The van der Waals surface area contributed by atoms with Crippen LogP contribution in [-0.2, 0) is 4.79 Å². The van der Waals surface area contributed by atoms with Crippen LogP contribution < -0.4 is 0 Å². The van der Waals surface area contributed by atoms with Crippen LogP contribution in [0.3, 0.4) is 0 Å². The van der Waals surface area contributed by atoms with Crippen molar-refractivity contribution in [3.8, 4) is 0 Å². The summed E-state index contributed by atoms with van der Waals surface area (Å²) in [5.74, 6) is -1.55. The van der Waals surface area contributed by atoms with E-state index < -0.39 is 11.9 Å². The number of carbonyl (C=O) groups excluding carboxylic acids is 1. The van der Waals surface area contributed by atoms with Gasteiger partial charge in [-0.05, 0) is 24.6 Å². The lowest BCUT2D eigenvalue weighted by atomic mass is 10.1. The summed E-state index contributed by atoms with van der Waals surface area (Å²) < 4.78 is 0.768. The van der Waals surface area contributed by atoms with Gasteiger partial charge in [-0.3, -0.25) is 9.59 Å². The van der Waals surface area contributed by atoms with Gasteiger partial charge in [0.25, 0.3) is 5.91 Å². The largest absolute Gasteiger partial charge is 0.481 e. The van der Waals surface area contributed by atoms with E-state index >= 15 is 0 Å². The van der Waals surface area contributed by atoms with E-state index in [1.807, 2.05) is 0 Å². The van der Waals surface area contributed by atoms with E-state index in [0.717, 1.165) is 4.47 Å². The number of hydrogen-bond acceptors (Lipinski definition) is 2. The number of hydrogen-bond donors (Lipinski definition) is 1. The Bertz CT molecular complexity index is 506. The quantitative estimate of drug-likeness (QED) is 0.906. The molecule has 1 aromatic rings. The number of carboxylic acids is 1. The molecule has 1 aliphatic rings. The first-order valence-electron chi connectivity index (χ1n) is 5.46. The summed E-state index contributed by atoms with van der Waals surface area (Å²) in [6.07, 6.45) is 0.493. The third kappa shape index (κ3) is 2.67. The number of halogens is 2. The van der Waals surface area contributed by atoms with Gasteiger partial charge in [0, 0.05) is 17.6 Å². The Balaban J connectivity index is 2.17. The molecule has 0 bridgehead atoms. The van der Waals surface area contributed by atoms with Crippen molar-refractivity contribution in [3.05, 3.63) is 33.3 Å². The van der Waals surface area contributed by atoms with Gasteiger partial charge in [-0.15, -0.1) is 0 Å². The maximum Gasteiger partial charge on any atom is 0.308 e.